The van der Waals surface area contributed by atoms with Crippen molar-refractivity contribution in [1.29, 1.82) is 0 Å². The Kier molecular flexibility index (Phi) is 4.50. The van der Waals surface area contributed by atoms with Crippen LogP contribution in [0.15, 0.2) is 41.0 Å². The highest BCUT2D eigenvalue weighted by Crippen LogP contribution is 2.28. The van der Waals surface area contributed by atoms with Gasteiger partial charge in [-0.05, 0) is 36.8 Å². The molecule has 8 heteroatoms. The van der Waals surface area contributed by atoms with Gasteiger partial charge < -0.3 is 19.7 Å². The lowest BCUT2D eigenvalue weighted by Crippen LogP contribution is -2.38. The van der Waals surface area contributed by atoms with Crippen LogP contribution in [0.5, 0.6) is 0 Å². The molecule has 0 spiro atoms. The number of carboxylic acid groups (broad SMARTS) is 1. The number of nitrogens with zero attached hydrogens (tertiary/aromatic N) is 1. The van der Waals surface area contributed by atoms with Crippen LogP contribution in [0.2, 0.25) is 0 Å². The molecule has 1 aliphatic rings. The molecule has 7 nitrogen and oxygen atoms in total. The molecule has 3 rings (SSSR count). The van der Waals surface area contributed by atoms with Crippen molar-refractivity contribution in [2.75, 3.05) is 18.4 Å². The summed E-state index contributed by atoms with van der Waals surface area (Å²) in [6.07, 6.45) is 1.13. The molecule has 1 aliphatic heterocycles. The van der Waals surface area contributed by atoms with E-state index in [2.05, 4.69) is 5.32 Å². The van der Waals surface area contributed by atoms with Crippen LogP contribution >= 0.6 is 0 Å². The number of hydrogen-bond acceptors (Lipinski definition) is 4. The zero-order valence-electron chi connectivity index (χ0n) is 14.0. The Hall–Kier alpha value is -3.16. The lowest BCUT2D eigenvalue weighted by atomic mass is 10.1. The Balaban J connectivity index is 1.78. The molecule has 1 unspecified atom stereocenters. The minimum absolute atomic E-state index is 0.0175. The summed E-state index contributed by atoms with van der Waals surface area (Å²) in [5.41, 5.74) is -1.04. The molecule has 1 atom stereocenters. The highest BCUT2D eigenvalue weighted by atomic mass is 19.1. The number of carbonyl (C=O) groups is 3. The largest absolute Gasteiger partial charge is 0.479 e. The smallest absolute Gasteiger partial charge is 0.343 e. The van der Waals surface area contributed by atoms with Crippen LogP contribution in [0.4, 0.5) is 10.1 Å². The molecule has 2 heterocycles. The molecule has 1 fully saturated rings. The summed E-state index contributed by atoms with van der Waals surface area (Å²) in [6.45, 7) is 1.28. The Morgan fingerprint density at radius 2 is 2.08 bits per heavy atom. The minimum Gasteiger partial charge on any atom is -0.479 e. The first-order valence-electron chi connectivity index (χ1n) is 7.97. The summed E-state index contributed by atoms with van der Waals surface area (Å²) in [5, 5.41) is 11.6. The summed E-state index contributed by atoms with van der Waals surface area (Å²) in [4.78, 5) is 36.8. The molecule has 1 saturated heterocycles. The predicted octanol–water partition coefficient (Wildman–Crippen LogP) is 2.48. The summed E-state index contributed by atoms with van der Waals surface area (Å²) in [6, 6.07) is 7.79. The number of anilines is 1. The van der Waals surface area contributed by atoms with Crippen LogP contribution < -0.4 is 5.32 Å². The Morgan fingerprint density at radius 3 is 2.69 bits per heavy atom. The first-order chi connectivity index (χ1) is 12.3. The first kappa shape index (κ1) is 17.7. The van der Waals surface area contributed by atoms with Gasteiger partial charge in [0.15, 0.2) is 5.76 Å². The van der Waals surface area contributed by atoms with E-state index >= 15 is 0 Å². The summed E-state index contributed by atoms with van der Waals surface area (Å²) in [5.74, 6) is -2.38. The molecule has 136 valence electrons. The maximum absolute atomic E-state index is 14.2. The van der Waals surface area contributed by atoms with E-state index in [1.165, 1.54) is 18.4 Å². The van der Waals surface area contributed by atoms with E-state index in [-0.39, 0.29) is 24.3 Å². The third kappa shape index (κ3) is 3.30. The number of alkyl halides is 1. The maximum Gasteiger partial charge on any atom is 0.343 e. The maximum atomic E-state index is 14.2. The van der Waals surface area contributed by atoms with Gasteiger partial charge in [0.25, 0.3) is 11.8 Å². The molecule has 0 bridgehead atoms. The van der Waals surface area contributed by atoms with Crippen LogP contribution in [0.1, 0.15) is 32.9 Å². The number of carbonyl (C=O) groups excluding carboxylic acids is 2. The number of halogens is 1. The van der Waals surface area contributed by atoms with Gasteiger partial charge >= 0.3 is 5.97 Å². The predicted molar refractivity (Wildman–Crippen MR) is 89.8 cm³/mol. The number of carboxylic acids is 1. The first-order valence-corrected chi connectivity index (χ1v) is 7.97. The van der Waals surface area contributed by atoms with E-state index in [4.69, 9.17) is 9.52 Å². The number of hydrogen-bond donors (Lipinski definition) is 2. The monoisotopic (exact) mass is 360 g/mol. The highest BCUT2D eigenvalue weighted by molar-refractivity contribution is 6.04. The molecule has 26 heavy (non-hydrogen) atoms. The van der Waals surface area contributed by atoms with Gasteiger partial charge in [0.2, 0.25) is 5.67 Å². The second-order valence-electron chi connectivity index (χ2n) is 6.21. The normalized spacial score (nSPS) is 19.4. The lowest BCUT2D eigenvalue weighted by molar-refractivity contribution is -0.149. The molecular weight excluding hydrogens is 343 g/mol. The van der Waals surface area contributed by atoms with Crippen molar-refractivity contribution < 1.29 is 28.3 Å². The van der Waals surface area contributed by atoms with Crippen molar-refractivity contribution in [3.63, 3.8) is 0 Å². The molecule has 2 N–H and O–H groups in total. The summed E-state index contributed by atoms with van der Waals surface area (Å²) < 4.78 is 19.2. The fraction of sp³-hybridized carbons (Fsp3) is 0.278. The van der Waals surface area contributed by atoms with Gasteiger partial charge in [-0.3, -0.25) is 9.59 Å². The molecule has 0 radical (unpaired) electrons. The Labute approximate surface area is 148 Å². The summed E-state index contributed by atoms with van der Waals surface area (Å²) >= 11 is 0. The fourth-order valence-electron chi connectivity index (χ4n) is 2.78. The lowest BCUT2D eigenvalue weighted by Gasteiger charge is -2.18. The molecule has 1 aromatic heterocycles. The Morgan fingerprint density at radius 1 is 1.31 bits per heavy atom. The van der Waals surface area contributed by atoms with Gasteiger partial charge in [-0.15, -0.1) is 0 Å². The molecule has 0 saturated carbocycles. The standard InChI is InChI=1S/C18H17FN2O5/c1-11-4-5-12(9-13(11)20-15(22)14-3-2-8-26-14)16(23)21-7-6-18(19,10-21)17(24)25/h2-5,8-9H,6-7,10H2,1H3,(H,20,22)(H,24,25). The van der Waals surface area contributed by atoms with Crippen LogP contribution in [0.3, 0.4) is 0 Å². The number of rotatable bonds is 4. The van der Waals surface area contributed by atoms with Crippen molar-refractivity contribution >= 4 is 23.5 Å². The van der Waals surface area contributed by atoms with E-state index in [1.807, 2.05) is 0 Å². The third-order valence-corrected chi connectivity index (χ3v) is 4.37. The number of nitrogens with one attached hydrogen (secondary N) is 1. The molecule has 0 aliphatic carbocycles. The van der Waals surface area contributed by atoms with Gasteiger partial charge in [-0.2, -0.15) is 0 Å². The number of aliphatic carboxylic acids is 1. The van der Waals surface area contributed by atoms with Gasteiger partial charge in [0.05, 0.1) is 12.8 Å². The van der Waals surface area contributed by atoms with Crippen molar-refractivity contribution in [1.82, 2.24) is 4.90 Å². The van der Waals surface area contributed by atoms with Crippen molar-refractivity contribution in [2.24, 2.45) is 0 Å². The van der Waals surface area contributed by atoms with Crippen LogP contribution in [0, 0.1) is 6.92 Å². The van der Waals surface area contributed by atoms with Crippen molar-refractivity contribution in [3.8, 4) is 0 Å². The van der Waals surface area contributed by atoms with E-state index < -0.39 is 30.0 Å². The number of aryl methyl sites for hydroxylation is 1. The van der Waals surface area contributed by atoms with Gasteiger partial charge in [-0.1, -0.05) is 6.07 Å². The summed E-state index contributed by atoms with van der Waals surface area (Å²) in [7, 11) is 0. The zero-order chi connectivity index (χ0) is 18.9. The number of amides is 2. The molecular formula is C18H17FN2O5. The second kappa shape index (κ2) is 6.62. The average Bonchev–Trinajstić information content (AvgIpc) is 3.26. The Bertz CT molecular complexity index is 864. The quantitative estimate of drug-likeness (QED) is 0.873. The van der Waals surface area contributed by atoms with Gasteiger partial charge in [0.1, 0.15) is 0 Å². The SMILES string of the molecule is Cc1ccc(C(=O)N2CCC(F)(C(=O)O)C2)cc1NC(=O)c1ccco1. The van der Waals surface area contributed by atoms with Crippen molar-refractivity contribution in [2.45, 2.75) is 19.0 Å². The van der Waals surface area contributed by atoms with E-state index in [9.17, 15) is 18.8 Å². The van der Waals surface area contributed by atoms with Gasteiger partial charge in [0, 0.05) is 24.2 Å². The fourth-order valence-corrected chi connectivity index (χ4v) is 2.78. The third-order valence-electron chi connectivity index (χ3n) is 4.37. The van der Waals surface area contributed by atoms with E-state index in [0.29, 0.717) is 5.69 Å². The van der Waals surface area contributed by atoms with Gasteiger partial charge in [-0.25, -0.2) is 9.18 Å². The number of likely N-dealkylation sites (tertiary alicyclic amines) is 1. The highest BCUT2D eigenvalue weighted by Gasteiger charge is 2.47. The molecule has 2 aromatic rings. The second-order valence-corrected chi connectivity index (χ2v) is 6.21. The number of furan rings is 1. The molecule has 1 aromatic carbocycles. The van der Waals surface area contributed by atoms with Crippen molar-refractivity contribution in [3.05, 3.63) is 53.5 Å². The zero-order valence-corrected chi connectivity index (χ0v) is 14.0. The topological polar surface area (TPSA) is 99.9 Å². The van der Waals surface area contributed by atoms with E-state index in [0.717, 1.165) is 10.5 Å². The average molecular weight is 360 g/mol. The van der Waals surface area contributed by atoms with Crippen LogP contribution in [-0.4, -0.2) is 46.5 Å². The number of benzene rings is 1. The molecule has 2 amide bonds. The van der Waals surface area contributed by atoms with Crippen LogP contribution in [0.25, 0.3) is 0 Å². The van der Waals surface area contributed by atoms with E-state index in [1.54, 1.807) is 25.1 Å². The van der Waals surface area contributed by atoms with Crippen LogP contribution in [-0.2, 0) is 4.79 Å². The minimum atomic E-state index is -2.42.